The zero-order chi connectivity index (χ0) is 13.6. The van der Waals surface area contributed by atoms with Crippen molar-refractivity contribution in [2.45, 2.75) is 31.9 Å². The Morgan fingerprint density at radius 2 is 2.00 bits per heavy atom. The van der Waals surface area contributed by atoms with Crippen LogP contribution in [0.5, 0.6) is 0 Å². The Balaban J connectivity index is 2.75. The predicted molar refractivity (Wildman–Crippen MR) is 72.1 cm³/mol. The molecule has 1 amide bonds. The van der Waals surface area contributed by atoms with Crippen LogP contribution >= 0.6 is 0 Å². The summed E-state index contributed by atoms with van der Waals surface area (Å²) in [5, 5.41) is 2.96. The molecular formula is C14H22N2O2. The zero-order valence-electron chi connectivity index (χ0n) is 11.3. The van der Waals surface area contributed by atoms with Crippen molar-refractivity contribution < 1.29 is 9.53 Å². The van der Waals surface area contributed by atoms with Crippen molar-refractivity contribution in [3.05, 3.63) is 35.9 Å². The first-order valence-corrected chi connectivity index (χ1v) is 6.10. The summed E-state index contributed by atoms with van der Waals surface area (Å²) in [4.78, 5) is 12.2. The maximum atomic E-state index is 12.2. The van der Waals surface area contributed by atoms with Crippen molar-refractivity contribution >= 4 is 5.91 Å². The minimum absolute atomic E-state index is 0.137. The van der Waals surface area contributed by atoms with Gasteiger partial charge in [0.15, 0.2) is 6.10 Å². The third-order valence-electron chi connectivity index (χ3n) is 2.81. The van der Waals surface area contributed by atoms with Crippen LogP contribution in [-0.4, -0.2) is 25.1 Å². The number of methoxy groups -OCH3 is 1. The molecule has 0 saturated carbocycles. The highest BCUT2D eigenvalue weighted by Gasteiger charge is 2.26. The fourth-order valence-corrected chi connectivity index (χ4v) is 1.84. The van der Waals surface area contributed by atoms with Crippen LogP contribution in [0.1, 0.15) is 31.9 Å². The number of rotatable bonds is 6. The molecule has 18 heavy (non-hydrogen) atoms. The molecule has 4 heteroatoms. The molecule has 1 rings (SSSR count). The predicted octanol–water partition coefficient (Wildman–Crippen LogP) is 1.62. The summed E-state index contributed by atoms with van der Waals surface area (Å²) in [5.41, 5.74) is 6.05. The SMILES string of the molecule is COC(C(=O)NC(C)(C)CCN)c1ccccc1. The average Bonchev–Trinajstić information content (AvgIpc) is 2.30. The molecule has 100 valence electrons. The first-order chi connectivity index (χ1) is 8.50. The van der Waals surface area contributed by atoms with Crippen LogP contribution in [0.4, 0.5) is 0 Å². The fraction of sp³-hybridized carbons (Fsp3) is 0.500. The molecule has 1 aromatic rings. The van der Waals surface area contributed by atoms with Gasteiger partial charge in [0.2, 0.25) is 0 Å². The van der Waals surface area contributed by atoms with E-state index in [1.807, 2.05) is 44.2 Å². The van der Waals surface area contributed by atoms with E-state index in [0.29, 0.717) is 6.54 Å². The number of hydrogen-bond donors (Lipinski definition) is 2. The molecule has 1 atom stereocenters. The van der Waals surface area contributed by atoms with Gasteiger partial charge in [-0.1, -0.05) is 30.3 Å². The summed E-state index contributed by atoms with van der Waals surface area (Å²) in [6.45, 7) is 4.45. The lowest BCUT2D eigenvalue weighted by Crippen LogP contribution is -2.47. The second kappa shape index (κ2) is 6.52. The van der Waals surface area contributed by atoms with Gasteiger partial charge < -0.3 is 15.8 Å². The monoisotopic (exact) mass is 250 g/mol. The summed E-state index contributed by atoms with van der Waals surface area (Å²) >= 11 is 0. The minimum atomic E-state index is -0.580. The van der Waals surface area contributed by atoms with Crippen molar-refractivity contribution in [2.24, 2.45) is 5.73 Å². The average molecular weight is 250 g/mol. The van der Waals surface area contributed by atoms with Crippen LogP contribution in [0, 0.1) is 0 Å². The zero-order valence-corrected chi connectivity index (χ0v) is 11.3. The highest BCUT2D eigenvalue weighted by atomic mass is 16.5. The molecule has 0 aliphatic carbocycles. The number of carbonyl (C=O) groups is 1. The van der Waals surface area contributed by atoms with Gasteiger partial charge in [0.05, 0.1) is 0 Å². The summed E-state index contributed by atoms with van der Waals surface area (Å²) in [7, 11) is 1.53. The van der Waals surface area contributed by atoms with E-state index in [0.717, 1.165) is 12.0 Å². The maximum Gasteiger partial charge on any atom is 0.254 e. The molecule has 0 saturated heterocycles. The van der Waals surface area contributed by atoms with Crippen molar-refractivity contribution in [1.29, 1.82) is 0 Å². The van der Waals surface area contributed by atoms with Crippen LogP contribution < -0.4 is 11.1 Å². The number of carbonyl (C=O) groups excluding carboxylic acids is 1. The van der Waals surface area contributed by atoms with Crippen molar-refractivity contribution in [3.63, 3.8) is 0 Å². The number of hydrogen-bond acceptors (Lipinski definition) is 3. The van der Waals surface area contributed by atoms with Crippen LogP contribution in [0.25, 0.3) is 0 Å². The number of amides is 1. The Hall–Kier alpha value is -1.39. The molecule has 0 spiro atoms. The largest absolute Gasteiger partial charge is 0.367 e. The van der Waals surface area contributed by atoms with E-state index in [1.54, 1.807) is 0 Å². The fourth-order valence-electron chi connectivity index (χ4n) is 1.84. The lowest BCUT2D eigenvalue weighted by atomic mass is 9.99. The van der Waals surface area contributed by atoms with Crippen LogP contribution in [0.2, 0.25) is 0 Å². The van der Waals surface area contributed by atoms with Gasteiger partial charge in [0.1, 0.15) is 0 Å². The Morgan fingerprint density at radius 1 is 1.39 bits per heavy atom. The van der Waals surface area contributed by atoms with Gasteiger partial charge in [-0.15, -0.1) is 0 Å². The van der Waals surface area contributed by atoms with Crippen LogP contribution in [0.15, 0.2) is 30.3 Å². The van der Waals surface area contributed by atoms with E-state index in [-0.39, 0.29) is 11.4 Å². The molecule has 1 unspecified atom stereocenters. The smallest absolute Gasteiger partial charge is 0.254 e. The first kappa shape index (κ1) is 14.7. The Kier molecular flexibility index (Phi) is 5.31. The lowest BCUT2D eigenvalue weighted by Gasteiger charge is -2.28. The van der Waals surface area contributed by atoms with E-state index in [4.69, 9.17) is 10.5 Å². The van der Waals surface area contributed by atoms with Crippen molar-refractivity contribution in [2.75, 3.05) is 13.7 Å². The van der Waals surface area contributed by atoms with Crippen LogP contribution in [-0.2, 0) is 9.53 Å². The molecular weight excluding hydrogens is 228 g/mol. The molecule has 0 aliphatic heterocycles. The van der Waals surface area contributed by atoms with Gasteiger partial charge in [-0.05, 0) is 32.4 Å². The quantitative estimate of drug-likeness (QED) is 0.806. The Labute approximate surface area is 109 Å². The summed E-state index contributed by atoms with van der Waals surface area (Å²) < 4.78 is 5.28. The molecule has 4 nitrogen and oxygen atoms in total. The third-order valence-corrected chi connectivity index (χ3v) is 2.81. The number of nitrogens with one attached hydrogen (secondary N) is 1. The highest BCUT2D eigenvalue weighted by molar-refractivity contribution is 5.82. The standard InChI is InChI=1S/C14H22N2O2/c1-14(2,9-10-15)16-13(17)12(18-3)11-7-5-4-6-8-11/h4-8,12H,9-10,15H2,1-3H3,(H,16,17). The van der Waals surface area contributed by atoms with E-state index in [1.165, 1.54) is 7.11 Å². The molecule has 0 aliphatic rings. The van der Waals surface area contributed by atoms with Gasteiger partial charge in [0.25, 0.3) is 5.91 Å². The summed E-state index contributed by atoms with van der Waals surface area (Å²) in [6, 6.07) is 9.44. The van der Waals surface area contributed by atoms with Gasteiger partial charge in [0, 0.05) is 12.6 Å². The van der Waals surface area contributed by atoms with Gasteiger partial charge in [-0.3, -0.25) is 4.79 Å². The molecule has 3 N–H and O–H groups in total. The van der Waals surface area contributed by atoms with E-state index in [2.05, 4.69) is 5.32 Å². The number of ether oxygens (including phenoxy) is 1. The molecule has 0 heterocycles. The molecule has 0 radical (unpaired) electrons. The third kappa shape index (κ3) is 4.13. The van der Waals surface area contributed by atoms with Gasteiger partial charge in [-0.2, -0.15) is 0 Å². The first-order valence-electron chi connectivity index (χ1n) is 6.10. The lowest BCUT2D eigenvalue weighted by molar-refractivity contribution is -0.133. The molecule has 0 aromatic heterocycles. The molecule has 0 bridgehead atoms. The minimum Gasteiger partial charge on any atom is -0.367 e. The number of nitrogens with two attached hydrogens (primary N) is 1. The van der Waals surface area contributed by atoms with Gasteiger partial charge in [-0.25, -0.2) is 0 Å². The van der Waals surface area contributed by atoms with Crippen molar-refractivity contribution in [1.82, 2.24) is 5.32 Å². The second-order valence-corrected chi connectivity index (χ2v) is 4.94. The van der Waals surface area contributed by atoms with E-state index >= 15 is 0 Å². The van der Waals surface area contributed by atoms with Crippen molar-refractivity contribution in [3.8, 4) is 0 Å². The molecule has 1 aromatic carbocycles. The molecule has 0 fully saturated rings. The van der Waals surface area contributed by atoms with E-state index in [9.17, 15) is 4.79 Å². The number of benzene rings is 1. The summed E-state index contributed by atoms with van der Waals surface area (Å²) in [5.74, 6) is -0.137. The highest BCUT2D eigenvalue weighted by Crippen LogP contribution is 2.18. The van der Waals surface area contributed by atoms with E-state index < -0.39 is 6.10 Å². The van der Waals surface area contributed by atoms with Crippen LogP contribution in [0.3, 0.4) is 0 Å². The topological polar surface area (TPSA) is 64.3 Å². The normalized spacial score (nSPS) is 13.1. The van der Waals surface area contributed by atoms with Gasteiger partial charge >= 0.3 is 0 Å². The Morgan fingerprint density at radius 3 is 2.50 bits per heavy atom. The second-order valence-electron chi connectivity index (χ2n) is 4.94. The summed E-state index contributed by atoms with van der Waals surface area (Å²) in [6.07, 6.45) is 0.146. The Bertz CT molecular complexity index is 377. The maximum absolute atomic E-state index is 12.2.